The monoisotopic (exact) mass is 367 g/mol. The molecule has 2 aromatic carbocycles. The van der Waals surface area contributed by atoms with Gasteiger partial charge < -0.3 is 15.2 Å². The largest absolute Gasteiger partial charge is 0.450 e. The van der Waals surface area contributed by atoms with Gasteiger partial charge in [-0.2, -0.15) is 0 Å². The third-order valence-corrected chi connectivity index (χ3v) is 5.22. The number of nitrogens with zero attached hydrogens (tertiary/aromatic N) is 1. The summed E-state index contributed by atoms with van der Waals surface area (Å²) in [5.41, 5.74) is 3.36. The molecule has 0 saturated carbocycles. The van der Waals surface area contributed by atoms with E-state index in [0.717, 1.165) is 26.9 Å². The molecule has 0 aliphatic carbocycles. The van der Waals surface area contributed by atoms with Gasteiger partial charge in [0.2, 0.25) is 5.91 Å². The van der Waals surface area contributed by atoms with E-state index in [1.807, 2.05) is 11.9 Å². The summed E-state index contributed by atoms with van der Waals surface area (Å²) in [5, 5.41) is 12.1. The highest BCUT2D eigenvalue weighted by molar-refractivity contribution is 6.45. The molecule has 0 aromatic heterocycles. The summed E-state index contributed by atoms with van der Waals surface area (Å²) in [6, 6.07) is 13.0. The first-order chi connectivity index (χ1) is 13.1. The lowest BCUT2D eigenvalue weighted by Crippen LogP contribution is -2.39. The number of likely N-dealkylation sites (tertiary alicyclic amines) is 1. The van der Waals surface area contributed by atoms with Crippen LogP contribution in [0.3, 0.4) is 0 Å². The molecule has 0 bridgehead atoms. The van der Waals surface area contributed by atoms with Crippen molar-refractivity contribution in [3.05, 3.63) is 65.0 Å². The summed E-state index contributed by atoms with van der Waals surface area (Å²) in [5.74, 6) is -0.0404. The van der Waals surface area contributed by atoms with Crippen molar-refractivity contribution in [2.45, 2.75) is 31.7 Å². The zero-order valence-electron chi connectivity index (χ0n) is 15.6. The molecule has 27 heavy (non-hydrogen) atoms. The van der Waals surface area contributed by atoms with E-state index >= 15 is 0 Å². The SMILES string of the molecule is CNCc1cccc(C2CCN(C(=O)Cc3ccc([B]O)cc3F)CC2)c1. The van der Waals surface area contributed by atoms with Crippen LogP contribution in [0.15, 0.2) is 42.5 Å². The van der Waals surface area contributed by atoms with E-state index in [2.05, 4.69) is 29.6 Å². The Balaban J connectivity index is 1.57. The van der Waals surface area contributed by atoms with Gasteiger partial charge >= 0.3 is 7.48 Å². The van der Waals surface area contributed by atoms with Gasteiger partial charge in [-0.3, -0.25) is 4.79 Å². The Labute approximate surface area is 160 Å². The first-order valence-electron chi connectivity index (χ1n) is 9.37. The van der Waals surface area contributed by atoms with Crippen LogP contribution in [0, 0.1) is 5.82 Å². The third-order valence-electron chi connectivity index (χ3n) is 5.22. The average Bonchev–Trinajstić information content (AvgIpc) is 2.70. The van der Waals surface area contributed by atoms with Gasteiger partial charge in [-0.05, 0) is 48.6 Å². The van der Waals surface area contributed by atoms with Crippen LogP contribution < -0.4 is 10.8 Å². The van der Waals surface area contributed by atoms with Crippen LogP contribution in [0.1, 0.15) is 35.4 Å². The van der Waals surface area contributed by atoms with Crippen LogP contribution >= 0.6 is 0 Å². The summed E-state index contributed by atoms with van der Waals surface area (Å²) in [7, 11) is 2.79. The van der Waals surface area contributed by atoms with Crippen molar-refractivity contribution in [1.29, 1.82) is 0 Å². The second-order valence-corrected chi connectivity index (χ2v) is 7.09. The molecule has 1 fully saturated rings. The molecule has 2 N–H and O–H groups in total. The summed E-state index contributed by atoms with van der Waals surface area (Å²) < 4.78 is 14.0. The normalized spacial score (nSPS) is 15.0. The summed E-state index contributed by atoms with van der Waals surface area (Å²) in [4.78, 5) is 14.4. The van der Waals surface area contributed by atoms with Crippen LogP contribution in [0.2, 0.25) is 0 Å². The van der Waals surface area contributed by atoms with Crippen molar-refractivity contribution in [1.82, 2.24) is 10.2 Å². The molecule has 0 atom stereocenters. The predicted octanol–water partition coefficient (Wildman–Crippen LogP) is 1.73. The smallest absolute Gasteiger partial charge is 0.326 e. The summed E-state index contributed by atoms with van der Waals surface area (Å²) in [6.07, 6.45) is 1.91. The molecule has 2 aromatic rings. The van der Waals surface area contributed by atoms with E-state index in [-0.39, 0.29) is 12.3 Å². The number of carbonyl (C=O) groups is 1. The fraction of sp³-hybridized carbons (Fsp3) is 0.381. The minimum Gasteiger partial charge on any atom is -0.450 e. The van der Waals surface area contributed by atoms with Crippen molar-refractivity contribution < 1.29 is 14.2 Å². The van der Waals surface area contributed by atoms with Crippen molar-refractivity contribution in [2.75, 3.05) is 20.1 Å². The zero-order chi connectivity index (χ0) is 19.2. The summed E-state index contributed by atoms with van der Waals surface area (Å²) >= 11 is 0. The predicted molar refractivity (Wildman–Crippen MR) is 105 cm³/mol. The van der Waals surface area contributed by atoms with Gasteiger partial charge in [0.25, 0.3) is 0 Å². The first-order valence-corrected chi connectivity index (χ1v) is 9.37. The lowest BCUT2D eigenvalue weighted by Gasteiger charge is -2.32. The molecule has 0 spiro atoms. The Morgan fingerprint density at radius 1 is 1.26 bits per heavy atom. The molecule has 0 unspecified atom stereocenters. The number of nitrogens with one attached hydrogen (secondary N) is 1. The fourth-order valence-electron chi connectivity index (χ4n) is 3.69. The van der Waals surface area contributed by atoms with Crippen molar-refractivity contribution in [3.63, 3.8) is 0 Å². The molecule has 1 aliphatic heterocycles. The maximum absolute atomic E-state index is 14.0. The van der Waals surface area contributed by atoms with Crippen LogP contribution in [0.5, 0.6) is 0 Å². The van der Waals surface area contributed by atoms with Crippen LogP contribution in [-0.4, -0.2) is 43.5 Å². The fourth-order valence-corrected chi connectivity index (χ4v) is 3.69. The van der Waals surface area contributed by atoms with Gasteiger partial charge in [-0.15, -0.1) is 0 Å². The van der Waals surface area contributed by atoms with E-state index < -0.39 is 5.82 Å². The molecule has 1 amide bonds. The van der Waals surface area contributed by atoms with Crippen molar-refractivity contribution in [2.24, 2.45) is 0 Å². The number of benzene rings is 2. The second kappa shape index (κ2) is 9.15. The van der Waals surface area contributed by atoms with Crippen molar-refractivity contribution in [3.8, 4) is 0 Å². The van der Waals surface area contributed by atoms with E-state index in [1.165, 1.54) is 17.2 Å². The molecule has 1 saturated heterocycles. The number of halogens is 1. The van der Waals surface area contributed by atoms with E-state index in [0.29, 0.717) is 30.0 Å². The van der Waals surface area contributed by atoms with E-state index in [9.17, 15) is 9.18 Å². The Hall–Kier alpha value is -2.18. The lowest BCUT2D eigenvalue weighted by molar-refractivity contribution is -0.131. The van der Waals surface area contributed by atoms with Crippen LogP contribution in [0.4, 0.5) is 4.39 Å². The Bertz CT molecular complexity index is 792. The number of rotatable bonds is 6. The lowest BCUT2D eigenvalue weighted by atomic mass is 9.87. The standard InChI is InChI=1S/C21H25BFN2O2/c1-24-14-15-3-2-4-17(11-15)16-7-9-25(10-8-16)21(26)12-18-5-6-19(22-27)13-20(18)23/h2-6,11,13,16,24,27H,7-10,12,14H2,1H3. The molecule has 1 heterocycles. The van der Waals surface area contributed by atoms with Gasteiger partial charge in [0.1, 0.15) is 5.82 Å². The maximum Gasteiger partial charge on any atom is 0.326 e. The molecule has 141 valence electrons. The Morgan fingerprint density at radius 3 is 2.70 bits per heavy atom. The Morgan fingerprint density at radius 2 is 2.04 bits per heavy atom. The van der Waals surface area contributed by atoms with Crippen LogP contribution in [0.25, 0.3) is 0 Å². The molecule has 4 nitrogen and oxygen atoms in total. The van der Waals surface area contributed by atoms with E-state index in [1.54, 1.807) is 12.1 Å². The van der Waals surface area contributed by atoms with Gasteiger partial charge in [0, 0.05) is 19.6 Å². The topological polar surface area (TPSA) is 52.6 Å². The molecule has 1 aliphatic rings. The number of hydrogen-bond acceptors (Lipinski definition) is 3. The van der Waals surface area contributed by atoms with Gasteiger partial charge in [-0.25, -0.2) is 4.39 Å². The highest BCUT2D eigenvalue weighted by atomic mass is 19.1. The minimum atomic E-state index is -0.456. The molecular weight excluding hydrogens is 342 g/mol. The van der Waals surface area contributed by atoms with E-state index in [4.69, 9.17) is 5.02 Å². The average molecular weight is 367 g/mol. The van der Waals surface area contributed by atoms with Gasteiger partial charge in [0.15, 0.2) is 0 Å². The highest BCUT2D eigenvalue weighted by Crippen LogP contribution is 2.29. The third kappa shape index (κ3) is 4.96. The number of amides is 1. The zero-order valence-corrected chi connectivity index (χ0v) is 15.6. The first kappa shape index (κ1) is 19.6. The molecular formula is C21H25BFN2O2. The Kier molecular flexibility index (Phi) is 6.64. The van der Waals surface area contributed by atoms with Crippen LogP contribution in [-0.2, 0) is 17.8 Å². The molecule has 3 rings (SSSR count). The maximum atomic E-state index is 14.0. The number of hydrogen-bond donors (Lipinski definition) is 2. The minimum absolute atomic E-state index is 0.0444. The van der Waals surface area contributed by atoms with Gasteiger partial charge in [-0.1, -0.05) is 41.9 Å². The van der Waals surface area contributed by atoms with Crippen molar-refractivity contribution >= 4 is 18.9 Å². The summed E-state index contributed by atoms with van der Waals surface area (Å²) in [6.45, 7) is 2.25. The number of piperidine rings is 1. The number of carbonyl (C=O) groups excluding carboxylic acids is 1. The quantitative estimate of drug-likeness (QED) is 0.765. The molecule has 6 heteroatoms. The highest BCUT2D eigenvalue weighted by Gasteiger charge is 2.24. The second-order valence-electron chi connectivity index (χ2n) is 7.09. The van der Waals surface area contributed by atoms with Gasteiger partial charge in [0.05, 0.1) is 6.42 Å². The molecule has 1 radical (unpaired) electrons.